The third kappa shape index (κ3) is 7.80. The molecule has 2 nitrogen and oxygen atoms in total. The standard InChI is InChI=1S/C13H30N2/c1-6-8-9-14-10-13(5)15(7-2)11-12(3)4/h12-14H,6-11H2,1-5H3. The number of rotatable bonds is 9. The molecular weight excluding hydrogens is 184 g/mol. The normalized spacial score (nSPS) is 13.8. The molecule has 0 spiro atoms. The number of unbranched alkanes of at least 4 members (excludes halogenated alkanes) is 1. The van der Waals surface area contributed by atoms with Crippen molar-refractivity contribution >= 4 is 0 Å². The van der Waals surface area contributed by atoms with Crippen LogP contribution >= 0.6 is 0 Å². The molecule has 0 aliphatic heterocycles. The van der Waals surface area contributed by atoms with Gasteiger partial charge in [0, 0.05) is 19.1 Å². The summed E-state index contributed by atoms with van der Waals surface area (Å²) < 4.78 is 0. The van der Waals surface area contributed by atoms with Gasteiger partial charge in [0.2, 0.25) is 0 Å². The van der Waals surface area contributed by atoms with Crippen molar-refractivity contribution in [1.29, 1.82) is 0 Å². The molecule has 0 aromatic heterocycles. The van der Waals surface area contributed by atoms with E-state index < -0.39 is 0 Å². The quantitative estimate of drug-likeness (QED) is 0.594. The molecule has 0 aliphatic carbocycles. The lowest BCUT2D eigenvalue weighted by Gasteiger charge is -2.29. The summed E-state index contributed by atoms with van der Waals surface area (Å²) in [4.78, 5) is 2.56. The third-order valence-corrected chi connectivity index (χ3v) is 2.78. The Hall–Kier alpha value is -0.0800. The highest BCUT2D eigenvalue weighted by atomic mass is 15.2. The van der Waals surface area contributed by atoms with E-state index in [4.69, 9.17) is 0 Å². The van der Waals surface area contributed by atoms with Crippen LogP contribution in [0, 0.1) is 5.92 Å². The summed E-state index contributed by atoms with van der Waals surface area (Å²) in [5, 5.41) is 3.53. The molecule has 0 radical (unpaired) electrons. The summed E-state index contributed by atoms with van der Waals surface area (Å²) >= 11 is 0. The molecule has 0 amide bonds. The van der Waals surface area contributed by atoms with Gasteiger partial charge < -0.3 is 5.32 Å². The van der Waals surface area contributed by atoms with E-state index in [0.717, 1.165) is 19.0 Å². The molecule has 0 bridgehead atoms. The van der Waals surface area contributed by atoms with Gasteiger partial charge in [-0.05, 0) is 32.4 Å². The van der Waals surface area contributed by atoms with Crippen LogP contribution in [0.25, 0.3) is 0 Å². The van der Waals surface area contributed by atoms with Crippen LogP contribution in [0.4, 0.5) is 0 Å². The highest BCUT2D eigenvalue weighted by molar-refractivity contribution is 4.69. The molecule has 0 fully saturated rings. The number of nitrogens with one attached hydrogen (secondary N) is 1. The summed E-state index contributed by atoms with van der Waals surface area (Å²) in [6.45, 7) is 16.1. The van der Waals surface area contributed by atoms with E-state index in [0.29, 0.717) is 6.04 Å². The lowest BCUT2D eigenvalue weighted by atomic mass is 10.1. The lowest BCUT2D eigenvalue weighted by molar-refractivity contribution is 0.192. The van der Waals surface area contributed by atoms with Crippen molar-refractivity contribution in [3.63, 3.8) is 0 Å². The number of likely N-dealkylation sites (N-methyl/N-ethyl adjacent to an activating group) is 1. The van der Waals surface area contributed by atoms with Gasteiger partial charge in [0.25, 0.3) is 0 Å². The van der Waals surface area contributed by atoms with E-state index in [2.05, 4.69) is 44.8 Å². The zero-order valence-corrected chi connectivity index (χ0v) is 11.3. The van der Waals surface area contributed by atoms with Crippen LogP contribution in [0.2, 0.25) is 0 Å². The SMILES string of the molecule is CCCCNCC(C)N(CC)CC(C)C. The molecule has 0 aromatic rings. The van der Waals surface area contributed by atoms with Gasteiger partial charge in [-0.2, -0.15) is 0 Å². The molecule has 1 unspecified atom stereocenters. The fourth-order valence-corrected chi connectivity index (χ4v) is 1.83. The maximum absolute atomic E-state index is 3.53. The minimum absolute atomic E-state index is 0.661. The Labute approximate surface area is 96.4 Å². The molecule has 1 N–H and O–H groups in total. The van der Waals surface area contributed by atoms with Crippen LogP contribution in [-0.2, 0) is 0 Å². The van der Waals surface area contributed by atoms with Gasteiger partial charge in [0.1, 0.15) is 0 Å². The van der Waals surface area contributed by atoms with Gasteiger partial charge >= 0.3 is 0 Å². The predicted octanol–water partition coefficient (Wildman–Crippen LogP) is 2.74. The van der Waals surface area contributed by atoms with Crippen molar-refractivity contribution in [2.75, 3.05) is 26.2 Å². The van der Waals surface area contributed by atoms with Crippen molar-refractivity contribution < 1.29 is 0 Å². The Balaban J connectivity index is 3.68. The van der Waals surface area contributed by atoms with Crippen LogP contribution in [0.1, 0.15) is 47.5 Å². The summed E-state index contributed by atoms with van der Waals surface area (Å²) in [7, 11) is 0. The second-order valence-corrected chi connectivity index (χ2v) is 4.89. The molecule has 0 aromatic carbocycles. The van der Waals surface area contributed by atoms with Gasteiger partial charge in [-0.15, -0.1) is 0 Å². The first-order valence-corrected chi connectivity index (χ1v) is 6.56. The van der Waals surface area contributed by atoms with Crippen LogP contribution in [0.15, 0.2) is 0 Å². The highest BCUT2D eigenvalue weighted by Gasteiger charge is 2.12. The molecule has 1 atom stereocenters. The maximum atomic E-state index is 3.53. The number of nitrogens with zero attached hydrogens (tertiary/aromatic N) is 1. The lowest BCUT2D eigenvalue weighted by Crippen LogP contribution is -2.42. The molecule has 15 heavy (non-hydrogen) atoms. The topological polar surface area (TPSA) is 15.3 Å². The Bertz CT molecular complexity index is 134. The summed E-state index contributed by atoms with van der Waals surface area (Å²) in [6.07, 6.45) is 2.58. The van der Waals surface area contributed by atoms with E-state index in [9.17, 15) is 0 Å². The zero-order valence-electron chi connectivity index (χ0n) is 11.3. The summed E-state index contributed by atoms with van der Waals surface area (Å²) in [5.41, 5.74) is 0. The molecule has 0 aliphatic rings. The van der Waals surface area contributed by atoms with Crippen molar-refractivity contribution in [2.24, 2.45) is 5.92 Å². The molecule has 0 heterocycles. The molecule has 2 heteroatoms. The predicted molar refractivity (Wildman–Crippen MR) is 69.3 cm³/mol. The van der Waals surface area contributed by atoms with Gasteiger partial charge in [0.15, 0.2) is 0 Å². The minimum atomic E-state index is 0.661. The Morgan fingerprint density at radius 1 is 1.13 bits per heavy atom. The summed E-state index contributed by atoms with van der Waals surface area (Å²) in [6, 6.07) is 0.661. The van der Waals surface area contributed by atoms with Gasteiger partial charge in [-0.1, -0.05) is 34.1 Å². The molecule has 0 saturated carbocycles. The number of hydrogen-bond acceptors (Lipinski definition) is 2. The van der Waals surface area contributed by atoms with Crippen LogP contribution in [0.5, 0.6) is 0 Å². The van der Waals surface area contributed by atoms with Gasteiger partial charge in [-0.3, -0.25) is 4.90 Å². The average molecular weight is 214 g/mol. The van der Waals surface area contributed by atoms with Crippen molar-refractivity contribution in [3.05, 3.63) is 0 Å². The first-order valence-electron chi connectivity index (χ1n) is 6.56. The van der Waals surface area contributed by atoms with E-state index in [-0.39, 0.29) is 0 Å². The van der Waals surface area contributed by atoms with E-state index in [1.54, 1.807) is 0 Å². The van der Waals surface area contributed by atoms with Crippen LogP contribution in [-0.4, -0.2) is 37.1 Å². The molecule has 0 rings (SSSR count). The molecule has 0 saturated heterocycles. The Morgan fingerprint density at radius 3 is 2.27 bits per heavy atom. The van der Waals surface area contributed by atoms with E-state index >= 15 is 0 Å². The first kappa shape index (κ1) is 14.9. The molecular formula is C13H30N2. The van der Waals surface area contributed by atoms with Crippen molar-refractivity contribution in [3.8, 4) is 0 Å². The Kier molecular flexibility index (Phi) is 9.12. The smallest absolute Gasteiger partial charge is 0.0192 e. The zero-order chi connectivity index (χ0) is 11.7. The average Bonchev–Trinajstić information content (AvgIpc) is 2.20. The second-order valence-electron chi connectivity index (χ2n) is 4.89. The van der Waals surface area contributed by atoms with Gasteiger partial charge in [0.05, 0.1) is 0 Å². The summed E-state index contributed by atoms with van der Waals surface area (Å²) in [5.74, 6) is 0.767. The van der Waals surface area contributed by atoms with Crippen molar-refractivity contribution in [2.45, 2.75) is 53.5 Å². The number of hydrogen-bond donors (Lipinski definition) is 1. The first-order chi connectivity index (χ1) is 7.11. The van der Waals surface area contributed by atoms with Gasteiger partial charge in [-0.25, -0.2) is 0 Å². The fraction of sp³-hybridized carbons (Fsp3) is 1.00. The van der Waals surface area contributed by atoms with E-state index in [1.807, 2.05) is 0 Å². The fourth-order valence-electron chi connectivity index (χ4n) is 1.83. The third-order valence-electron chi connectivity index (χ3n) is 2.78. The Morgan fingerprint density at radius 2 is 1.80 bits per heavy atom. The van der Waals surface area contributed by atoms with Crippen LogP contribution in [0.3, 0.4) is 0 Å². The van der Waals surface area contributed by atoms with Crippen molar-refractivity contribution in [1.82, 2.24) is 10.2 Å². The van der Waals surface area contributed by atoms with Crippen LogP contribution < -0.4 is 5.32 Å². The van der Waals surface area contributed by atoms with E-state index in [1.165, 1.54) is 25.9 Å². The minimum Gasteiger partial charge on any atom is -0.315 e. The largest absolute Gasteiger partial charge is 0.315 e. The maximum Gasteiger partial charge on any atom is 0.0192 e. The molecule has 92 valence electrons. The second kappa shape index (κ2) is 9.17. The highest BCUT2D eigenvalue weighted by Crippen LogP contribution is 2.03. The monoisotopic (exact) mass is 214 g/mol.